The minimum absolute atomic E-state index is 0.245. The summed E-state index contributed by atoms with van der Waals surface area (Å²) in [6.45, 7) is 18.7. The first-order chi connectivity index (χ1) is 12.9. The van der Waals surface area contributed by atoms with Crippen LogP contribution in [0.3, 0.4) is 0 Å². The summed E-state index contributed by atoms with van der Waals surface area (Å²) in [5.74, 6) is 0. The molecule has 0 N–H and O–H groups in total. The van der Waals surface area contributed by atoms with Crippen LogP contribution in [0.4, 0.5) is 0 Å². The van der Waals surface area contributed by atoms with Gasteiger partial charge in [0.2, 0.25) is 0 Å². The number of allylic oxidation sites excluding steroid dienone is 6. The summed E-state index contributed by atoms with van der Waals surface area (Å²) in [6.07, 6.45) is 15.3. The van der Waals surface area contributed by atoms with E-state index in [0.29, 0.717) is 0 Å². The van der Waals surface area contributed by atoms with Crippen LogP contribution in [-0.4, -0.2) is 19.5 Å². The first-order valence-corrected chi connectivity index (χ1v) is 10.8. The maximum absolute atomic E-state index is 5.80. The normalized spacial score (nSPS) is 12.6. The molecule has 0 atom stereocenters. The van der Waals surface area contributed by atoms with Crippen molar-refractivity contribution in [2.75, 3.05) is 13.2 Å². The molecule has 0 aliphatic carbocycles. The minimum Gasteiger partial charge on any atom is -0.349 e. The molecule has 0 spiro atoms. The van der Waals surface area contributed by atoms with Gasteiger partial charge in [0.25, 0.3) is 0 Å². The van der Waals surface area contributed by atoms with Crippen molar-refractivity contribution in [2.24, 2.45) is 0 Å². The molecule has 2 heteroatoms. The molecule has 0 unspecified atom stereocenters. The molecule has 0 heterocycles. The fourth-order valence-electron chi connectivity index (χ4n) is 2.69. The van der Waals surface area contributed by atoms with E-state index in [2.05, 4.69) is 66.3 Å². The lowest BCUT2D eigenvalue weighted by atomic mass is 10.0. The summed E-state index contributed by atoms with van der Waals surface area (Å²) >= 11 is 0. The zero-order valence-electron chi connectivity index (χ0n) is 18.9. The fourth-order valence-corrected chi connectivity index (χ4v) is 2.69. The van der Waals surface area contributed by atoms with E-state index in [1.165, 1.54) is 23.1 Å². The summed E-state index contributed by atoms with van der Waals surface area (Å²) in [5, 5.41) is 0. The zero-order valence-corrected chi connectivity index (χ0v) is 18.9. The minimum atomic E-state index is -0.245. The van der Waals surface area contributed by atoms with Crippen LogP contribution in [0.1, 0.15) is 92.9 Å². The first kappa shape index (κ1) is 25.9. The van der Waals surface area contributed by atoms with E-state index in [4.69, 9.17) is 9.47 Å². The Bertz CT molecular complexity index is 471. The average Bonchev–Trinajstić information content (AvgIpc) is 2.61. The third kappa shape index (κ3) is 15.6. The number of rotatable bonds is 16. The van der Waals surface area contributed by atoms with Crippen molar-refractivity contribution in [3.8, 4) is 0 Å². The average molecular weight is 377 g/mol. The maximum Gasteiger partial charge on any atom is 0.179 e. The van der Waals surface area contributed by atoms with Gasteiger partial charge in [-0.25, -0.2) is 0 Å². The highest BCUT2D eigenvalue weighted by Gasteiger charge is 2.12. The van der Waals surface area contributed by atoms with Crippen LogP contribution in [0.5, 0.6) is 0 Å². The summed E-state index contributed by atoms with van der Waals surface area (Å²) in [6, 6.07) is 0. The Balaban J connectivity index is 4.20. The molecular formula is C25H44O2. The number of hydrogen-bond donors (Lipinski definition) is 0. The van der Waals surface area contributed by atoms with E-state index in [-0.39, 0.29) is 6.29 Å². The Kier molecular flexibility index (Phi) is 16.3. The van der Waals surface area contributed by atoms with Gasteiger partial charge < -0.3 is 9.47 Å². The molecule has 0 fully saturated rings. The van der Waals surface area contributed by atoms with E-state index < -0.39 is 0 Å². The van der Waals surface area contributed by atoms with Crippen LogP contribution in [0.2, 0.25) is 0 Å². The predicted molar refractivity (Wildman–Crippen MR) is 120 cm³/mol. The van der Waals surface area contributed by atoms with E-state index in [1.54, 1.807) is 0 Å². The smallest absolute Gasteiger partial charge is 0.179 e. The molecule has 0 aliphatic rings. The summed E-state index contributed by atoms with van der Waals surface area (Å²) in [7, 11) is 0. The van der Waals surface area contributed by atoms with Crippen LogP contribution < -0.4 is 0 Å². The molecule has 0 rings (SSSR count). The highest BCUT2D eigenvalue weighted by molar-refractivity contribution is 5.07. The van der Waals surface area contributed by atoms with Gasteiger partial charge in [0.1, 0.15) is 0 Å². The number of ether oxygens (including phenoxy) is 2. The Labute approximate surface area is 169 Å². The second kappa shape index (κ2) is 17.0. The highest BCUT2D eigenvalue weighted by Crippen LogP contribution is 2.17. The van der Waals surface area contributed by atoms with E-state index in [0.717, 1.165) is 63.7 Å². The van der Waals surface area contributed by atoms with E-state index in [1.807, 2.05) is 0 Å². The fraction of sp³-hybridized carbons (Fsp3) is 0.680. The Morgan fingerprint density at radius 3 is 1.63 bits per heavy atom. The van der Waals surface area contributed by atoms with Crippen molar-refractivity contribution in [2.45, 2.75) is 99.2 Å². The topological polar surface area (TPSA) is 18.5 Å². The van der Waals surface area contributed by atoms with Crippen molar-refractivity contribution in [3.63, 3.8) is 0 Å². The molecule has 0 aromatic heterocycles. The summed E-state index contributed by atoms with van der Waals surface area (Å²) < 4.78 is 11.6. The molecule has 0 aliphatic heterocycles. The SMILES string of the molecule is C=C(CCC=C(C)CCC=C(C)CCC=C(C)C)C(OCCC)OCCC. The van der Waals surface area contributed by atoms with E-state index in [9.17, 15) is 0 Å². The molecule has 0 saturated carbocycles. The Hall–Kier alpha value is -1.12. The second-order valence-electron chi connectivity index (χ2n) is 7.73. The van der Waals surface area contributed by atoms with Crippen LogP contribution in [0.25, 0.3) is 0 Å². The lowest BCUT2D eigenvalue weighted by Gasteiger charge is -2.20. The predicted octanol–water partition coefficient (Wildman–Crippen LogP) is 7.92. The summed E-state index contributed by atoms with van der Waals surface area (Å²) in [5.41, 5.74) is 5.41. The van der Waals surface area contributed by atoms with Crippen molar-refractivity contribution in [1.82, 2.24) is 0 Å². The molecule has 0 aromatic carbocycles. The maximum atomic E-state index is 5.80. The van der Waals surface area contributed by atoms with Crippen LogP contribution in [0.15, 0.2) is 47.1 Å². The van der Waals surface area contributed by atoms with Gasteiger partial charge in [-0.1, -0.05) is 55.4 Å². The van der Waals surface area contributed by atoms with Gasteiger partial charge >= 0.3 is 0 Å². The van der Waals surface area contributed by atoms with Crippen molar-refractivity contribution in [3.05, 3.63) is 47.1 Å². The lowest BCUT2D eigenvalue weighted by Crippen LogP contribution is -2.20. The molecule has 27 heavy (non-hydrogen) atoms. The quantitative estimate of drug-likeness (QED) is 0.201. The standard InChI is InChI=1S/C25H44O2/c1-8-19-26-25(27-20-9-2)24(7)18-12-17-23(6)16-11-15-22(5)14-10-13-21(3)4/h13,15,17,25H,7-12,14,16,18-20H2,1-6H3. The molecule has 156 valence electrons. The van der Waals surface area contributed by atoms with Crippen LogP contribution in [0, 0.1) is 0 Å². The molecule has 0 amide bonds. The van der Waals surface area contributed by atoms with Gasteiger partial charge in [0, 0.05) is 13.2 Å². The molecule has 0 aromatic rings. The van der Waals surface area contributed by atoms with Gasteiger partial charge in [0.15, 0.2) is 6.29 Å². The third-order valence-electron chi connectivity index (χ3n) is 4.36. The number of hydrogen-bond acceptors (Lipinski definition) is 2. The van der Waals surface area contributed by atoms with E-state index >= 15 is 0 Å². The van der Waals surface area contributed by atoms with Gasteiger partial charge in [-0.05, 0) is 84.6 Å². The molecule has 0 saturated heterocycles. The molecule has 0 bridgehead atoms. The van der Waals surface area contributed by atoms with Crippen LogP contribution >= 0.6 is 0 Å². The third-order valence-corrected chi connectivity index (χ3v) is 4.36. The molecular weight excluding hydrogens is 332 g/mol. The monoisotopic (exact) mass is 376 g/mol. The second-order valence-corrected chi connectivity index (χ2v) is 7.73. The highest BCUT2D eigenvalue weighted by atomic mass is 16.7. The van der Waals surface area contributed by atoms with Crippen LogP contribution in [-0.2, 0) is 9.47 Å². The lowest BCUT2D eigenvalue weighted by molar-refractivity contribution is -0.119. The first-order valence-electron chi connectivity index (χ1n) is 10.8. The Morgan fingerprint density at radius 2 is 1.19 bits per heavy atom. The zero-order chi connectivity index (χ0) is 20.5. The Morgan fingerprint density at radius 1 is 0.741 bits per heavy atom. The largest absolute Gasteiger partial charge is 0.349 e. The van der Waals surface area contributed by atoms with Gasteiger partial charge in [0.05, 0.1) is 0 Å². The van der Waals surface area contributed by atoms with Gasteiger partial charge in [-0.15, -0.1) is 0 Å². The summed E-state index contributed by atoms with van der Waals surface area (Å²) in [4.78, 5) is 0. The molecule has 2 nitrogen and oxygen atoms in total. The van der Waals surface area contributed by atoms with Crippen molar-refractivity contribution < 1.29 is 9.47 Å². The van der Waals surface area contributed by atoms with Gasteiger partial charge in [-0.3, -0.25) is 0 Å². The van der Waals surface area contributed by atoms with Crippen molar-refractivity contribution in [1.29, 1.82) is 0 Å². The van der Waals surface area contributed by atoms with Gasteiger partial charge in [-0.2, -0.15) is 0 Å². The van der Waals surface area contributed by atoms with Crippen molar-refractivity contribution >= 4 is 0 Å². The molecule has 0 radical (unpaired) electrons.